The Labute approximate surface area is 52.1 Å². The fourth-order valence-electron chi connectivity index (χ4n) is 0. The molecule has 0 amide bonds. The SMILES string of the molecule is CC(C)(C)N([Si])[Si]. The second-order valence-electron chi connectivity index (χ2n) is 2.51. The minimum atomic E-state index is 0.160. The van der Waals surface area contributed by atoms with Gasteiger partial charge < -0.3 is 4.23 Å². The van der Waals surface area contributed by atoms with Crippen LogP contribution in [0.15, 0.2) is 0 Å². The van der Waals surface area contributed by atoms with Gasteiger partial charge in [-0.2, -0.15) is 0 Å². The fraction of sp³-hybridized carbons (Fsp3) is 1.00. The van der Waals surface area contributed by atoms with Crippen LogP contribution in [-0.4, -0.2) is 30.6 Å². The van der Waals surface area contributed by atoms with Gasteiger partial charge in [0.15, 0.2) is 0 Å². The predicted octanol–water partition coefficient (Wildman–Crippen LogP) is 0.254. The van der Waals surface area contributed by atoms with E-state index in [9.17, 15) is 0 Å². The fourth-order valence-corrected chi connectivity index (χ4v) is 0. The summed E-state index contributed by atoms with van der Waals surface area (Å²) in [7, 11) is 6.58. The van der Waals surface area contributed by atoms with Crippen LogP contribution in [-0.2, 0) is 0 Å². The first-order valence-corrected chi connectivity index (χ1v) is 3.07. The maximum Gasteiger partial charge on any atom is 0.135 e. The quantitative estimate of drug-likeness (QED) is 0.422. The highest BCUT2D eigenvalue weighted by Gasteiger charge is 2.10. The highest BCUT2D eigenvalue weighted by molar-refractivity contribution is 6.25. The molecule has 7 heavy (non-hydrogen) atoms. The lowest BCUT2D eigenvalue weighted by Gasteiger charge is -2.27. The molecule has 38 valence electrons. The third-order valence-corrected chi connectivity index (χ3v) is 2.01. The summed E-state index contributed by atoms with van der Waals surface area (Å²) in [6, 6.07) is 0. The predicted molar refractivity (Wildman–Crippen MR) is 33.1 cm³/mol. The standard InChI is InChI=1S/C4H9NSi2/c1-4(2,3)5(6)7/h1-3H3. The van der Waals surface area contributed by atoms with Crippen LogP contribution in [0.4, 0.5) is 0 Å². The Morgan fingerprint density at radius 2 is 1.29 bits per heavy atom. The van der Waals surface area contributed by atoms with E-state index >= 15 is 0 Å². The Hall–Kier alpha value is 0.394. The molecule has 0 fully saturated rings. The topological polar surface area (TPSA) is 3.24 Å². The molecule has 6 radical (unpaired) electrons. The highest BCUT2D eigenvalue weighted by Crippen LogP contribution is 2.04. The van der Waals surface area contributed by atoms with Gasteiger partial charge >= 0.3 is 0 Å². The van der Waals surface area contributed by atoms with Gasteiger partial charge in [0.1, 0.15) is 20.8 Å². The first kappa shape index (κ1) is 7.39. The van der Waals surface area contributed by atoms with E-state index in [2.05, 4.69) is 41.6 Å². The van der Waals surface area contributed by atoms with Crippen molar-refractivity contribution >= 4 is 20.8 Å². The first-order chi connectivity index (χ1) is 2.94. The zero-order valence-electron chi connectivity index (χ0n) is 4.95. The van der Waals surface area contributed by atoms with Gasteiger partial charge in [0, 0.05) is 0 Å². The van der Waals surface area contributed by atoms with E-state index in [-0.39, 0.29) is 5.54 Å². The van der Waals surface area contributed by atoms with Crippen LogP contribution in [0.5, 0.6) is 0 Å². The molecule has 0 atom stereocenters. The van der Waals surface area contributed by atoms with E-state index in [0.717, 1.165) is 0 Å². The van der Waals surface area contributed by atoms with Crippen molar-refractivity contribution in [3.05, 3.63) is 0 Å². The van der Waals surface area contributed by atoms with Crippen LogP contribution in [0.1, 0.15) is 20.8 Å². The van der Waals surface area contributed by atoms with Crippen molar-refractivity contribution < 1.29 is 0 Å². The Bertz CT molecular complexity index is 55.2. The van der Waals surface area contributed by atoms with E-state index in [1.165, 1.54) is 0 Å². The van der Waals surface area contributed by atoms with E-state index in [1.807, 2.05) is 0 Å². The third kappa shape index (κ3) is 3.02. The van der Waals surface area contributed by atoms with Crippen LogP contribution in [0, 0.1) is 0 Å². The summed E-state index contributed by atoms with van der Waals surface area (Å²) >= 11 is 0. The van der Waals surface area contributed by atoms with Gasteiger partial charge in [-0.3, -0.25) is 0 Å². The molecule has 0 aliphatic heterocycles. The molecule has 0 spiro atoms. The maximum absolute atomic E-state index is 3.29. The summed E-state index contributed by atoms with van der Waals surface area (Å²) in [5.41, 5.74) is 0.160. The summed E-state index contributed by atoms with van der Waals surface area (Å²) in [4.78, 5) is 0. The van der Waals surface area contributed by atoms with Gasteiger partial charge in [0.05, 0.1) is 0 Å². The molecular formula is C4H9NSi2. The Morgan fingerprint density at radius 3 is 1.29 bits per heavy atom. The van der Waals surface area contributed by atoms with Gasteiger partial charge in [-0.1, -0.05) is 0 Å². The normalized spacial score (nSPS) is 12.9. The number of hydrogen-bond donors (Lipinski definition) is 0. The second-order valence-corrected chi connectivity index (χ2v) is 3.85. The zero-order chi connectivity index (χ0) is 6.08. The molecule has 1 nitrogen and oxygen atoms in total. The summed E-state index contributed by atoms with van der Waals surface area (Å²) in [6.07, 6.45) is 0. The molecule has 0 aliphatic carbocycles. The molecule has 0 saturated carbocycles. The Morgan fingerprint density at radius 1 is 1.14 bits per heavy atom. The van der Waals surface area contributed by atoms with Crippen molar-refractivity contribution in [3.8, 4) is 0 Å². The smallest absolute Gasteiger partial charge is 0.135 e. The lowest BCUT2D eigenvalue weighted by molar-refractivity contribution is 0.388. The zero-order valence-corrected chi connectivity index (χ0v) is 6.95. The average molecular weight is 127 g/mol. The molecule has 0 aromatic rings. The molecule has 0 aromatic heterocycles. The van der Waals surface area contributed by atoms with Crippen molar-refractivity contribution in [2.75, 3.05) is 0 Å². The van der Waals surface area contributed by atoms with Crippen molar-refractivity contribution in [1.82, 2.24) is 4.23 Å². The average Bonchev–Trinajstić information content (AvgIpc) is 1.31. The lowest BCUT2D eigenvalue weighted by Crippen LogP contribution is -2.36. The van der Waals surface area contributed by atoms with Crippen molar-refractivity contribution in [2.24, 2.45) is 0 Å². The summed E-state index contributed by atoms with van der Waals surface area (Å²) in [5.74, 6) is 0. The van der Waals surface area contributed by atoms with E-state index in [4.69, 9.17) is 0 Å². The molecule has 3 heteroatoms. The molecule has 0 heterocycles. The van der Waals surface area contributed by atoms with E-state index in [0.29, 0.717) is 0 Å². The van der Waals surface area contributed by atoms with Crippen LogP contribution in [0.3, 0.4) is 0 Å². The summed E-state index contributed by atoms with van der Waals surface area (Å²) in [5, 5.41) is 0. The summed E-state index contributed by atoms with van der Waals surface area (Å²) in [6.45, 7) is 6.27. The Kier molecular flexibility index (Phi) is 2.23. The van der Waals surface area contributed by atoms with Crippen LogP contribution < -0.4 is 0 Å². The molecule has 0 unspecified atom stereocenters. The number of hydrogen-bond acceptors (Lipinski definition) is 1. The number of rotatable bonds is 0. The molecular weight excluding hydrogens is 118 g/mol. The van der Waals surface area contributed by atoms with Crippen molar-refractivity contribution in [1.29, 1.82) is 0 Å². The second kappa shape index (κ2) is 2.11. The van der Waals surface area contributed by atoms with Gasteiger partial charge in [0.25, 0.3) is 0 Å². The van der Waals surface area contributed by atoms with Crippen LogP contribution >= 0.6 is 0 Å². The first-order valence-electron chi connectivity index (χ1n) is 2.17. The van der Waals surface area contributed by atoms with Gasteiger partial charge in [-0.25, -0.2) is 0 Å². The van der Waals surface area contributed by atoms with E-state index in [1.54, 1.807) is 4.23 Å². The maximum atomic E-state index is 3.29. The molecule has 0 bridgehead atoms. The van der Waals surface area contributed by atoms with E-state index < -0.39 is 0 Å². The van der Waals surface area contributed by atoms with Crippen LogP contribution in [0.25, 0.3) is 0 Å². The van der Waals surface area contributed by atoms with Gasteiger partial charge in [-0.15, -0.1) is 0 Å². The third-order valence-electron chi connectivity index (χ3n) is 0.671. The van der Waals surface area contributed by atoms with Crippen LogP contribution in [0.2, 0.25) is 0 Å². The minimum Gasteiger partial charge on any atom is -0.348 e. The molecule has 0 saturated heterocycles. The van der Waals surface area contributed by atoms with Crippen molar-refractivity contribution in [3.63, 3.8) is 0 Å². The number of nitrogens with zero attached hydrogens (tertiary/aromatic N) is 1. The largest absolute Gasteiger partial charge is 0.348 e. The van der Waals surface area contributed by atoms with Gasteiger partial charge in [0.2, 0.25) is 0 Å². The van der Waals surface area contributed by atoms with Crippen molar-refractivity contribution in [2.45, 2.75) is 26.3 Å². The lowest BCUT2D eigenvalue weighted by atomic mass is 10.1. The minimum absolute atomic E-state index is 0.160. The molecule has 0 rings (SSSR count). The highest BCUT2D eigenvalue weighted by atomic mass is 28.2. The molecule has 0 N–H and O–H groups in total. The monoisotopic (exact) mass is 127 g/mol. The molecule has 0 aromatic carbocycles. The molecule has 0 aliphatic rings. The Balaban J connectivity index is 3.54. The summed E-state index contributed by atoms with van der Waals surface area (Å²) < 4.78 is 1.80. The van der Waals surface area contributed by atoms with Gasteiger partial charge in [-0.05, 0) is 26.3 Å².